The van der Waals surface area contributed by atoms with Crippen LogP contribution in [0.2, 0.25) is 0 Å². The molecule has 0 radical (unpaired) electrons. The molecular weight excluding hydrogens is 320 g/mol. The first kappa shape index (κ1) is 16.8. The molecule has 1 aromatic heterocycles. The lowest BCUT2D eigenvalue weighted by molar-refractivity contribution is 0.102. The number of benzene rings is 1. The average Bonchev–Trinajstić information content (AvgIpc) is 2.62. The average molecular weight is 342 g/mol. The van der Waals surface area contributed by atoms with Crippen molar-refractivity contribution >= 4 is 29.2 Å². The normalized spacial score (nSPS) is 15.3. The van der Waals surface area contributed by atoms with Crippen LogP contribution in [0.5, 0.6) is 0 Å². The van der Waals surface area contributed by atoms with Gasteiger partial charge in [0.25, 0.3) is 5.91 Å². The minimum Gasteiger partial charge on any atom is -0.354 e. The Hall–Kier alpha value is -2.05. The molecule has 1 saturated heterocycles. The first-order valence-electron chi connectivity index (χ1n) is 8.01. The van der Waals surface area contributed by atoms with Crippen molar-refractivity contribution in [1.82, 2.24) is 9.88 Å². The van der Waals surface area contributed by atoms with Gasteiger partial charge in [0.05, 0.1) is 0 Å². The molecule has 0 atom stereocenters. The number of pyridine rings is 1. The summed E-state index contributed by atoms with van der Waals surface area (Å²) in [4.78, 5) is 22.7. The molecule has 1 aliphatic rings. The maximum Gasteiger partial charge on any atom is 0.274 e. The Bertz CT molecular complexity index is 714. The summed E-state index contributed by atoms with van der Waals surface area (Å²) in [6.07, 6.45) is 2.02. The Labute approximate surface area is 147 Å². The number of nitrogens with one attached hydrogen (secondary N) is 1. The zero-order chi connectivity index (χ0) is 16.9. The van der Waals surface area contributed by atoms with E-state index in [2.05, 4.69) is 27.1 Å². The number of likely N-dealkylation sites (N-methyl/N-ethyl adjacent to an activating group) is 1. The van der Waals surface area contributed by atoms with E-state index < -0.39 is 0 Å². The smallest absolute Gasteiger partial charge is 0.274 e. The van der Waals surface area contributed by atoms with E-state index in [1.165, 1.54) is 0 Å². The molecule has 0 spiro atoms. The Morgan fingerprint density at radius 2 is 1.88 bits per heavy atom. The molecule has 0 unspecified atom stereocenters. The van der Waals surface area contributed by atoms with Crippen LogP contribution in [0.25, 0.3) is 0 Å². The molecule has 6 heteroatoms. The van der Waals surface area contributed by atoms with Crippen LogP contribution in [0.15, 0.2) is 47.4 Å². The summed E-state index contributed by atoms with van der Waals surface area (Å²) in [5.74, 6) is 0.692. The predicted octanol–water partition coefficient (Wildman–Crippen LogP) is 2.81. The second-order valence-electron chi connectivity index (χ2n) is 5.86. The van der Waals surface area contributed by atoms with E-state index in [4.69, 9.17) is 0 Å². The summed E-state index contributed by atoms with van der Waals surface area (Å²) in [6, 6.07) is 13.4. The maximum absolute atomic E-state index is 12.5. The molecule has 1 amide bonds. The molecule has 0 bridgehead atoms. The van der Waals surface area contributed by atoms with Crippen LogP contribution < -0.4 is 10.2 Å². The maximum atomic E-state index is 12.5. The fraction of sp³-hybridized carbons (Fsp3) is 0.333. The van der Waals surface area contributed by atoms with Crippen LogP contribution in [0.1, 0.15) is 10.5 Å². The summed E-state index contributed by atoms with van der Waals surface area (Å²) >= 11 is 1.65. The van der Waals surface area contributed by atoms with Gasteiger partial charge >= 0.3 is 0 Å². The third-order valence-corrected chi connectivity index (χ3v) is 4.85. The number of carbonyl (C=O) groups excluding carboxylic acids is 1. The van der Waals surface area contributed by atoms with Gasteiger partial charge in [-0.1, -0.05) is 12.1 Å². The summed E-state index contributed by atoms with van der Waals surface area (Å²) in [6.45, 7) is 3.90. The van der Waals surface area contributed by atoms with Gasteiger partial charge in [0.15, 0.2) is 0 Å². The first-order valence-corrected chi connectivity index (χ1v) is 9.24. The molecule has 1 aromatic carbocycles. The molecule has 2 heterocycles. The van der Waals surface area contributed by atoms with E-state index in [0.717, 1.165) is 42.6 Å². The van der Waals surface area contributed by atoms with Crippen LogP contribution in [0.3, 0.4) is 0 Å². The predicted molar refractivity (Wildman–Crippen MR) is 100 cm³/mol. The minimum atomic E-state index is -0.177. The molecule has 5 nitrogen and oxygen atoms in total. The lowest BCUT2D eigenvalue weighted by Crippen LogP contribution is -2.44. The van der Waals surface area contributed by atoms with Crippen molar-refractivity contribution in [3.05, 3.63) is 48.2 Å². The molecule has 0 saturated carbocycles. The molecule has 2 aromatic rings. The Balaban J connectivity index is 1.72. The zero-order valence-corrected chi connectivity index (χ0v) is 14.8. The van der Waals surface area contributed by atoms with Gasteiger partial charge in [-0.3, -0.25) is 4.79 Å². The number of carbonyl (C=O) groups is 1. The number of piperazine rings is 1. The number of thioether (sulfide) groups is 1. The Kier molecular flexibility index (Phi) is 5.37. The fourth-order valence-electron chi connectivity index (χ4n) is 2.66. The van der Waals surface area contributed by atoms with Crippen molar-refractivity contribution in [1.29, 1.82) is 0 Å². The van der Waals surface area contributed by atoms with Crippen molar-refractivity contribution in [2.24, 2.45) is 0 Å². The van der Waals surface area contributed by atoms with E-state index >= 15 is 0 Å². The highest BCUT2D eigenvalue weighted by molar-refractivity contribution is 7.98. The molecule has 1 N–H and O–H groups in total. The van der Waals surface area contributed by atoms with Crippen molar-refractivity contribution in [2.75, 3.05) is 49.7 Å². The van der Waals surface area contributed by atoms with Crippen LogP contribution >= 0.6 is 11.8 Å². The summed E-state index contributed by atoms with van der Waals surface area (Å²) in [5, 5.41) is 2.93. The van der Waals surface area contributed by atoms with Crippen LogP contribution in [-0.4, -0.2) is 55.3 Å². The van der Waals surface area contributed by atoms with Gasteiger partial charge in [-0.05, 0) is 43.6 Å². The summed E-state index contributed by atoms with van der Waals surface area (Å²) < 4.78 is 0. The van der Waals surface area contributed by atoms with Crippen molar-refractivity contribution < 1.29 is 4.79 Å². The van der Waals surface area contributed by atoms with Gasteiger partial charge < -0.3 is 15.1 Å². The third kappa shape index (κ3) is 4.07. The van der Waals surface area contributed by atoms with Crippen LogP contribution in [0, 0.1) is 0 Å². The number of rotatable bonds is 4. The monoisotopic (exact) mass is 342 g/mol. The first-order chi connectivity index (χ1) is 11.7. The van der Waals surface area contributed by atoms with E-state index in [1.807, 2.05) is 42.7 Å². The Morgan fingerprint density at radius 3 is 2.62 bits per heavy atom. The van der Waals surface area contributed by atoms with E-state index in [9.17, 15) is 4.79 Å². The van der Waals surface area contributed by atoms with Gasteiger partial charge in [0.2, 0.25) is 0 Å². The van der Waals surface area contributed by atoms with Crippen LogP contribution in [0.4, 0.5) is 11.5 Å². The van der Waals surface area contributed by atoms with Crippen molar-refractivity contribution in [2.45, 2.75) is 4.90 Å². The van der Waals surface area contributed by atoms with E-state index in [-0.39, 0.29) is 5.91 Å². The topological polar surface area (TPSA) is 48.5 Å². The largest absolute Gasteiger partial charge is 0.354 e. The second kappa shape index (κ2) is 7.68. The van der Waals surface area contributed by atoms with Crippen molar-refractivity contribution in [3.8, 4) is 0 Å². The third-order valence-electron chi connectivity index (χ3n) is 4.12. The molecule has 126 valence electrons. The number of hydrogen-bond donors (Lipinski definition) is 1. The highest BCUT2D eigenvalue weighted by Crippen LogP contribution is 2.20. The molecule has 24 heavy (non-hydrogen) atoms. The van der Waals surface area contributed by atoms with Gasteiger partial charge in [-0.2, -0.15) is 0 Å². The highest BCUT2D eigenvalue weighted by Gasteiger charge is 2.17. The van der Waals surface area contributed by atoms with Gasteiger partial charge in [0.1, 0.15) is 11.5 Å². The number of amides is 1. The molecular formula is C18H22N4OS. The fourth-order valence-corrected chi connectivity index (χ4v) is 3.12. The Morgan fingerprint density at radius 1 is 1.12 bits per heavy atom. The molecule has 1 fully saturated rings. The van der Waals surface area contributed by atoms with E-state index in [0.29, 0.717) is 5.69 Å². The lowest BCUT2D eigenvalue weighted by atomic mass is 10.2. The second-order valence-corrected chi connectivity index (χ2v) is 6.74. The SMILES string of the molecule is CSc1cccc(NC(=O)c2cccc(N3CCN(C)CC3)n2)c1. The lowest BCUT2D eigenvalue weighted by Gasteiger charge is -2.33. The standard InChI is InChI=1S/C18H22N4OS/c1-21-9-11-22(12-10-21)17-8-4-7-16(20-17)18(23)19-14-5-3-6-15(13-14)24-2/h3-8,13H,9-12H2,1-2H3,(H,19,23). The highest BCUT2D eigenvalue weighted by atomic mass is 32.2. The van der Waals surface area contributed by atoms with Gasteiger partial charge in [0, 0.05) is 36.8 Å². The minimum absolute atomic E-state index is 0.177. The van der Waals surface area contributed by atoms with E-state index in [1.54, 1.807) is 17.8 Å². The number of hydrogen-bond acceptors (Lipinski definition) is 5. The number of anilines is 2. The van der Waals surface area contributed by atoms with Crippen molar-refractivity contribution in [3.63, 3.8) is 0 Å². The summed E-state index contributed by atoms with van der Waals surface area (Å²) in [7, 11) is 2.12. The molecule has 0 aliphatic carbocycles. The van der Waals surface area contributed by atoms with Gasteiger partial charge in [-0.15, -0.1) is 11.8 Å². The summed E-state index contributed by atoms with van der Waals surface area (Å²) in [5.41, 5.74) is 1.24. The quantitative estimate of drug-likeness (QED) is 0.866. The molecule has 1 aliphatic heterocycles. The number of aromatic nitrogens is 1. The van der Waals surface area contributed by atoms with Gasteiger partial charge in [-0.25, -0.2) is 4.98 Å². The molecule has 3 rings (SSSR count). The van der Waals surface area contributed by atoms with Crippen LogP contribution in [-0.2, 0) is 0 Å². The number of nitrogens with zero attached hydrogens (tertiary/aromatic N) is 3. The zero-order valence-electron chi connectivity index (χ0n) is 14.0.